The van der Waals surface area contributed by atoms with Crippen LogP contribution in [0.1, 0.15) is 19.8 Å². The van der Waals surface area contributed by atoms with Gasteiger partial charge in [0.2, 0.25) is 0 Å². The molecule has 1 aliphatic rings. The summed E-state index contributed by atoms with van der Waals surface area (Å²) >= 11 is 0. The lowest BCUT2D eigenvalue weighted by molar-refractivity contribution is -0.136. The van der Waals surface area contributed by atoms with Crippen molar-refractivity contribution in [2.24, 2.45) is 5.41 Å². The van der Waals surface area contributed by atoms with Crippen molar-refractivity contribution < 1.29 is 9.90 Å². The van der Waals surface area contributed by atoms with Crippen molar-refractivity contribution in [2.75, 3.05) is 33.2 Å². The van der Waals surface area contributed by atoms with Crippen LogP contribution in [0.4, 0.5) is 0 Å². The molecule has 0 aromatic heterocycles. The van der Waals surface area contributed by atoms with E-state index in [1.807, 2.05) is 0 Å². The molecule has 1 unspecified atom stereocenters. The molecule has 0 aromatic carbocycles. The Balaban J connectivity index is 2.35. The molecule has 4 heteroatoms. The summed E-state index contributed by atoms with van der Waals surface area (Å²) in [6.07, 6.45) is 2.29. The molecule has 0 spiro atoms. The van der Waals surface area contributed by atoms with Crippen LogP contribution in [-0.4, -0.2) is 49.2 Å². The molecular formula is C10H20N2O2. The predicted molar refractivity (Wildman–Crippen MR) is 55.3 cm³/mol. The molecule has 1 rings (SSSR count). The van der Waals surface area contributed by atoms with Gasteiger partial charge in [0, 0.05) is 13.1 Å². The third-order valence-electron chi connectivity index (χ3n) is 3.16. The van der Waals surface area contributed by atoms with Crippen molar-refractivity contribution in [3.8, 4) is 0 Å². The molecule has 1 heterocycles. The quantitative estimate of drug-likeness (QED) is 0.674. The Morgan fingerprint density at radius 3 is 2.79 bits per heavy atom. The Labute approximate surface area is 85.3 Å². The number of rotatable bonds is 5. The predicted octanol–water partition coefficient (Wildman–Crippen LogP) is 0.393. The van der Waals surface area contributed by atoms with E-state index in [2.05, 4.69) is 24.2 Å². The van der Waals surface area contributed by atoms with Crippen molar-refractivity contribution in [1.82, 2.24) is 10.2 Å². The fraction of sp³-hybridized carbons (Fsp3) is 0.900. The third-order valence-corrected chi connectivity index (χ3v) is 3.16. The van der Waals surface area contributed by atoms with Gasteiger partial charge in [-0.3, -0.25) is 4.79 Å². The topological polar surface area (TPSA) is 52.6 Å². The van der Waals surface area contributed by atoms with Crippen molar-refractivity contribution >= 4 is 5.97 Å². The van der Waals surface area contributed by atoms with Crippen molar-refractivity contribution in [2.45, 2.75) is 19.8 Å². The number of hydrogen-bond donors (Lipinski definition) is 2. The minimum atomic E-state index is -0.775. The fourth-order valence-corrected chi connectivity index (χ4v) is 2.15. The Morgan fingerprint density at radius 1 is 1.64 bits per heavy atom. The van der Waals surface area contributed by atoms with Crippen LogP contribution in [0.2, 0.25) is 0 Å². The molecule has 0 amide bonds. The second-order valence-corrected chi connectivity index (χ2v) is 4.34. The first-order valence-corrected chi connectivity index (χ1v) is 5.19. The molecule has 1 aliphatic heterocycles. The maximum atomic E-state index is 10.4. The van der Waals surface area contributed by atoms with Gasteiger partial charge in [-0.25, -0.2) is 0 Å². The van der Waals surface area contributed by atoms with Crippen molar-refractivity contribution in [1.29, 1.82) is 0 Å². The molecule has 1 fully saturated rings. The maximum absolute atomic E-state index is 10.4. The number of carbonyl (C=O) groups is 1. The monoisotopic (exact) mass is 200 g/mol. The van der Waals surface area contributed by atoms with Gasteiger partial charge < -0.3 is 15.3 Å². The number of carboxylic acids is 1. The lowest BCUT2D eigenvalue weighted by atomic mass is 9.84. The normalized spacial score (nSPS) is 28.1. The highest BCUT2D eigenvalue weighted by molar-refractivity contribution is 5.68. The van der Waals surface area contributed by atoms with Crippen LogP contribution in [0, 0.1) is 5.41 Å². The largest absolute Gasteiger partial charge is 0.480 e. The van der Waals surface area contributed by atoms with Gasteiger partial charge in [-0.05, 0) is 31.8 Å². The van der Waals surface area contributed by atoms with Crippen LogP contribution >= 0.6 is 0 Å². The van der Waals surface area contributed by atoms with Crippen LogP contribution in [0.15, 0.2) is 0 Å². The summed E-state index contributed by atoms with van der Waals surface area (Å²) < 4.78 is 0. The summed E-state index contributed by atoms with van der Waals surface area (Å²) in [7, 11) is 2.12. The van der Waals surface area contributed by atoms with Gasteiger partial charge in [0.05, 0.1) is 6.54 Å². The van der Waals surface area contributed by atoms with Crippen LogP contribution in [-0.2, 0) is 4.79 Å². The van der Waals surface area contributed by atoms with E-state index in [4.69, 9.17) is 5.11 Å². The summed E-state index contributed by atoms with van der Waals surface area (Å²) in [5.41, 5.74) is 0.296. The van der Waals surface area contributed by atoms with Crippen molar-refractivity contribution in [3.05, 3.63) is 0 Å². The summed E-state index contributed by atoms with van der Waals surface area (Å²) in [6.45, 7) is 5.28. The molecule has 0 aliphatic carbocycles. The van der Waals surface area contributed by atoms with E-state index in [0.29, 0.717) is 5.41 Å². The molecule has 0 bridgehead atoms. The Hall–Kier alpha value is -0.610. The molecule has 0 radical (unpaired) electrons. The van der Waals surface area contributed by atoms with Gasteiger partial charge in [-0.1, -0.05) is 6.92 Å². The van der Waals surface area contributed by atoms with Gasteiger partial charge in [-0.2, -0.15) is 0 Å². The first kappa shape index (κ1) is 11.5. The van der Waals surface area contributed by atoms with Crippen LogP contribution < -0.4 is 5.32 Å². The van der Waals surface area contributed by atoms with E-state index >= 15 is 0 Å². The zero-order valence-corrected chi connectivity index (χ0v) is 9.05. The summed E-state index contributed by atoms with van der Waals surface area (Å²) in [6, 6.07) is 0. The minimum absolute atomic E-state index is 0.0749. The Kier molecular flexibility index (Phi) is 3.89. The smallest absolute Gasteiger partial charge is 0.317 e. The zero-order valence-electron chi connectivity index (χ0n) is 9.05. The summed E-state index contributed by atoms with van der Waals surface area (Å²) in [4.78, 5) is 12.7. The van der Waals surface area contributed by atoms with Gasteiger partial charge in [0.15, 0.2) is 0 Å². The first-order valence-electron chi connectivity index (χ1n) is 5.19. The highest BCUT2D eigenvalue weighted by Gasteiger charge is 2.34. The molecule has 2 N–H and O–H groups in total. The molecule has 1 saturated heterocycles. The van der Waals surface area contributed by atoms with E-state index in [-0.39, 0.29) is 6.54 Å². The maximum Gasteiger partial charge on any atom is 0.317 e. The molecule has 14 heavy (non-hydrogen) atoms. The Bertz CT molecular complexity index is 208. The Morgan fingerprint density at radius 2 is 2.36 bits per heavy atom. The summed E-state index contributed by atoms with van der Waals surface area (Å²) in [5.74, 6) is -0.775. The highest BCUT2D eigenvalue weighted by Crippen LogP contribution is 2.32. The summed E-state index contributed by atoms with van der Waals surface area (Å²) in [5, 5.41) is 11.5. The van der Waals surface area contributed by atoms with Gasteiger partial charge >= 0.3 is 5.97 Å². The number of aliphatic carboxylic acids is 1. The number of likely N-dealkylation sites (tertiary alicyclic amines) is 1. The van der Waals surface area contributed by atoms with E-state index in [9.17, 15) is 4.79 Å². The van der Waals surface area contributed by atoms with Crippen LogP contribution in [0.5, 0.6) is 0 Å². The third kappa shape index (κ3) is 2.96. The molecule has 82 valence electrons. The van der Waals surface area contributed by atoms with E-state index in [1.165, 1.54) is 6.42 Å². The molecule has 0 saturated carbocycles. The minimum Gasteiger partial charge on any atom is -0.480 e. The molecular weight excluding hydrogens is 180 g/mol. The zero-order chi connectivity index (χ0) is 10.6. The SMILES string of the molecule is CCC1(CNCC(=O)O)CCN(C)C1. The van der Waals surface area contributed by atoms with Gasteiger partial charge in [0.25, 0.3) is 0 Å². The van der Waals surface area contributed by atoms with Crippen LogP contribution in [0.3, 0.4) is 0 Å². The number of nitrogens with one attached hydrogen (secondary N) is 1. The van der Waals surface area contributed by atoms with E-state index in [0.717, 1.165) is 26.1 Å². The molecule has 0 aromatic rings. The second kappa shape index (κ2) is 4.75. The number of carboxylic acid groups (broad SMARTS) is 1. The van der Waals surface area contributed by atoms with E-state index in [1.54, 1.807) is 0 Å². The standard InChI is InChI=1S/C10H20N2O2/c1-3-10(4-5-12(2)8-10)7-11-6-9(13)14/h11H,3-8H2,1-2H3,(H,13,14). The van der Waals surface area contributed by atoms with Gasteiger partial charge in [-0.15, -0.1) is 0 Å². The lowest BCUT2D eigenvalue weighted by Gasteiger charge is -2.27. The molecule has 4 nitrogen and oxygen atoms in total. The average Bonchev–Trinajstić information content (AvgIpc) is 2.48. The highest BCUT2D eigenvalue weighted by atomic mass is 16.4. The second-order valence-electron chi connectivity index (χ2n) is 4.34. The number of hydrogen-bond acceptors (Lipinski definition) is 3. The van der Waals surface area contributed by atoms with Crippen molar-refractivity contribution in [3.63, 3.8) is 0 Å². The lowest BCUT2D eigenvalue weighted by Crippen LogP contribution is -2.38. The van der Waals surface area contributed by atoms with Gasteiger partial charge in [0.1, 0.15) is 0 Å². The van der Waals surface area contributed by atoms with E-state index < -0.39 is 5.97 Å². The first-order chi connectivity index (χ1) is 6.58. The fourth-order valence-electron chi connectivity index (χ4n) is 2.15. The number of nitrogens with zero attached hydrogens (tertiary/aromatic N) is 1. The average molecular weight is 200 g/mol. The van der Waals surface area contributed by atoms with Crippen LogP contribution in [0.25, 0.3) is 0 Å². The molecule has 1 atom stereocenters.